The fourth-order valence-corrected chi connectivity index (χ4v) is 4.04. The Bertz CT molecular complexity index is 940. The number of nitrogens with one attached hydrogen (secondary N) is 1. The molecule has 2 aliphatic rings. The van der Waals surface area contributed by atoms with E-state index in [1.165, 1.54) is 12.1 Å². The number of carbonyl (C=O) groups excluding carboxylic acids is 2. The van der Waals surface area contributed by atoms with Crippen molar-refractivity contribution >= 4 is 29.3 Å². The lowest BCUT2D eigenvalue weighted by Crippen LogP contribution is -2.31. The number of anilines is 1. The highest BCUT2D eigenvalue weighted by Gasteiger charge is 2.32. The van der Waals surface area contributed by atoms with Crippen molar-refractivity contribution in [2.75, 3.05) is 24.8 Å². The number of nitrogens with zero attached hydrogens (tertiary/aromatic N) is 1. The molecule has 0 spiro atoms. The molecule has 2 aromatic carbocycles. The SMILES string of the molecule is O=C(NCC1CC(=O)N(c2ccc3c(c2)OCO3)C1)c1ccccc1SC(F)F. The molecule has 0 aliphatic carbocycles. The van der Waals surface area contributed by atoms with Gasteiger partial charge in [0.05, 0.1) is 5.56 Å². The molecule has 0 bridgehead atoms. The second-order valence-electron chi connectivity index (χ2n) is 6.70. The van der Waals surface area contributed by atoms with Crippen molar-refractivity contribution in [1.82, 2.24) is 5.32 Å². The molecular formula is C20H18F2N2O4S. The molecule has 2 amide bonds. The highest BCUT2D eigenvalue weighted by atomic mass is 32.2. The summed E-state index contributed by atoms with van der Waals surface area (Å²) in [6.07, 6.45) is 0.294. The van der Waals surface area contributed by atoms with Crippen LogP contribution in [-0.2, 0) is 4.79 Å². The van der Waals surface area contributed by atoms with Gasteiger partial charge in [-0.2, -0.15) is 8.78 Å². The number of benzene rings is 2. The summed E-state index contributed by atoms with van der Waals surface area (Å²) < 4.78 is 36.0. The van der Waals surface area contributed by atoms with Gasteiger partial charge in [-0.1, -0.05) is 23.9 Å². The Morgan fingerprint density at radius 3 is 2.83 bits per heavy atom. The first-order valence-corrected chi connectivity index (χ1v) is 9.91. The number of hydrogen-bond donors (Lipinski definition) is 1. The number of halogens is 2. The molecule has 4 rings (SSSR count). The van der Waals surface area contributed by atoms with E-state index in [1.54, 1.807) is 35.2 Å². The van der Waals surface area contributed by atoms with E-state index in [4.69, 9.17) is 9.47 Å². The Labute approximate surface area is 170 Å². The van der Waals surface area contributed by atoms with Gasteiger partial charge in [0, 0.05) is 42.1 Å². The van der Waals surface area contributed by atoms with Crippen LogP contribution in [-0.4, -0.2) is 37.5 Å². The van der Waals surface area contributed by atoms with Gasteiger partial charge in [-0.3, -0.25) is 9.59 Å². The van der Waals surface area contributed by atoms with Gasteiger partial charge in [0.2, 0.25) is 12.7 Å². The number of thioether (sulfide) groups is 1. The van der Waals surface area contributed by atoms with E-state index in [-0.39, 0.29) is 35.6 Å². The summed E-state index contributed by atoms with van der Waals surface area (Å²) in [6.45, 7) is 0.887. The molecule has 1 saturated heterocycles. The van der Waals surface area contributed by atoms with Crippen LogP contribution in [0.25, 0.3) is 0 Å². The lowest BCUT2D eigenvalue weighted by Gasteiger charge is -2.17. The van der Waals surface area contributed by atoms with Gasteiger partial charge in [-0.25, -0.2) is 0 Å². The average Bonchev–Trinajstić information content (AvgIpc) is 3.31. The summed E-state index contributed by atoms with van der Waals surface area (Å²) in [5, 5.41) is 2.77. The van der Waals surface area contributed by atoms with Crippen molar-refractivity contribution < 1.29 is 27.8 Å². The maximum Gasteiger partial charge on any atom is 0.288 e. The van der Waals surface area contributed by atoms with Crippen molar-refractivity contribution in [2.45, 2.75) is 17.1 Å². The molecule has 29 heavy (non-hydrogen) atoms. The maximum atomic E-state index is 12.7. The van der Waals surface area contributed by atoms with Gasteiger partial charge in [-0.05, 0) is 24.3 Å². The molecule has 1 unspecified atom stereocenters. The van der Waals surface area contributed by atoms with Crippen molar-refractivity contribution in [2.24, 2.45) is 5.92 Å². The van der Waals surface area contributed by atoms with Crippen LogP contribution in [0, 0.1) is 5.92 Å². The second-order valence-corrected chi connectivity index (χ2v) is 7.73. The first-order valence-electron chi connectivity index (χ1n) is 9.03. The zero-order valence-electron chi connectivity index (χ0n) is 15.3. The van der Waals surface area contributed by atoms with E-state index in [0.29, 0.717) is 41.9 Å². The third kappa shape index (κ3) is 4.29. The molecule has 2 aliphatic heterocycles. The minimum Gasteiger partial charge on any atom is -0.454 e. The van der Waals surface area contributed by atoms with Crippen LogP contribution in [0.3, 0.4) is 0 Å². The van der Waals surface area contributed by atoms with Crippen LogP contribution < -0.4 is 19.7 Å². The van der Waals surface area contributed by atoms with Gasteiger partial charge < -0.3 is 19.7 Å². The van der Waals surface area contributed by atoms with Crippen LogP contribution in [0.4, 0.5) is 14.5 Å². The van der Waals surface area contributed by atoms with Gasteiger partial charge >= 0.3 is 0 Å². The smallest absolute Gasteiger partial charge is 0.288 e. The van der Waals surface area contributed by atoms with Gasteiger partial charge in [0.1, 0.15) is 0 Å². The molecule has 0 aromatic heterocycles. The molecule has 0 radical (unpaired) electrons. The maximum absolute atomic E-state index is 12.7. The van der Waals surface area contributed by atoms with Crippen molar-refractivity contribution in [3.8, 4) is 11.5 Å². The molecule has 0 saturated carbocycles. The number of hydrogen-bond acceptors (Lipinski definition) is 5. The predicted molar refractivity (Wildman–Crippen MR) is 104 cm³/mol. The van der Waals surface area contributed by atoms with Crippen LogP contribution in [0.1, 0.15) is 16.8 Å². The van der Waals surface area contributed by atoms with Crippen molar-refractivity contribution in [3.63, 3.8) is 0 Å². The number of alkyl halides is 2. The second kappa shape index (κ2) is 8.28. The Morgan fingerprint density at radius 2 is 2.00 bits per heavy atom. The standard InChI is InChI=1S/C20H18F2N2O4S/c21-20(22)29-17-4-2-1-3-14(17)19(26)23-9-12-7-18(25)24(10-12)13-5-6-15-16(8-13)28-11-27-15/h1-6,8,12,20H,7,9-11H2,(H,23,26). The Kier molecular flexibility index (Phi) is 5.57. The summed E-state index contributed by atoms with van der Waals surface area (Å²) in [5.41, 5.74) is 0.918. The fourth-order valence-electron chi connectivity index (χ4n) is 3.41. The Hall–Kier alpha value is -2.81. The molecule has 2 aromatic rings. The summed E-state index contributed by atoms with van der Waals surface area (Å²) in [7, 11) is 0. The highest BCUT2D eigenvalue weighted by Crippen LogP contribution is 2.37. The third-order valence-electron chi connectivity index (χ3n) is 4.77. The molecule has 6 nitrogen and oxygen atoms in total. The lowest BCUT2D eigenvalue weighted by molar-refractivity contribution is -0.117. The van der Waals surface area contributed by atoms with E-state index in [1.807, 2.05) is 0 Å². The summed E-state index contributed by atoms with van der Waals surface area (Å²) >= 11 is 0.341. The Morgan fingerprint density at radius 1 is 1.21 bits per heavy atom. The first kappa shape index (κ1) is 19.5. The van der Waals surface area contributed by atoms with E-state index < -0.39 is 11.7 Å². The van der Waals surface area contributed by atoms with E-state index in [0.717, 1.165) is 0 Å². The summed E-state index contributed by atoms with van der Waals surface area (Å²) in [6, 6.07) is 11.6. The zero-order valence-corrected chi connectivity index (χ0v) is 16.1. The first-order chi connectivity index (χ1) is 14.0. The average molecular weight is 420 g/mol. The van der Waals surface area contributed by atoms with E-state index in [2.05, 4.69) is 5.32 Å². The highest BCUT2D eigenvalue weighted by molar-refractivity contribution is 7.99. The van der Waals surface area contributed by atoms with Crippen LogP contribution in [0.5, 0.6) is 11.5 Å². The molecule has 1 N–H and O–H groups in total. The number of carbonyl (C=O) groups is 2. The van der Waals surface area contributed by atoms with Gasteiger partial charge in [0.15, 0.2) is 11.5 Å². The van der Waals surface area contributed by atoms with Crippen LogP contribution in [0.15, 0.2) is 47.4 Å². The quantitative estimate of drug-likeness (QED) is 0.725. The number of fused-ring (bicyclic) bond motifs is 1. The zero-order chi connectivity index (χ0) is 20.4. The largest absolute Gasteiger partial charge is 0.454 e. The van der Waals surface area contributed by atoms with Crippen molar-refractivity contribution in [3.05, 3.63) is 48.0 Å². The van der Waals surface area contributed by atoms with Crippen molar-refractivity contribution in [1.29, 1.82) is 0 Å². The summed E-state index contributed by atoms with van der Waals surface area (Å²) in [5.74, 6) is -1.91. The molecule has 2 heterocycles. The van der Waals surface area contributed by atoms with E-state index in [9.17, 15) is 18.4 Å². The Balaban J connectivity index is 1.38. The topological polar surface area (TPSA) is 67.9 Å². The van der Waals surface area contributed by atoms with Gasteiger partial charge in [0.25, 0.3) is 11.7 Å². The van der Waals surface area contributed by atoms with Crippen LogP contribution >= 0.6 is 11.8 Å². The molecule has 1 fully saturated rings. The monoisotopic (exact) mass is 420 g/mol. The lowest BCUT2D eigenvalue weighted by atomic mass is 10.1. The molecule has 9 heteroatoms. The van der Waals surface area contributed by atoms with Gasteiger partial charge in [-0.15, -0.1) is 0 Å². The van der Waals surface area contributed by atoms with E-state index >= 15 is 0 Å². The fraction of sp³-hybridized carbons (Fsp3) is 0.300. The minimum absolute atomic E-state index is 0.0447. The molecule has 1 atom stereocenters. The number of rotatable bonds is 6. The normalized spacial score (nSPS) is 17.8. The van der Waals surface area contributed by atoms with Crippen LogP contribution in [0.2, 0.25) is 0 Å². The summed E-state index contributed by atoms with van der Waals surface area (Å²) in [4.78, 5) is 26.8. The number of ether oxygens (including phenoxy) is 2. The molecular weight excluding hydrogens is 402 g/mol. The minimum atomic E-state index is -2.60. The number of amides is 2. The predicted octanol–water partition coefficient (Wildman–Crippen LogP) is 3.51. The molecule has 152 valence electrons. The third-order valence-corrected chi connectivity index (χ3v) is 5.56.